The van der Waals surface area contributed by atoms with Crippen LogP contribution in [0.1, 0.15) is 21.7 Å². The first-order chi connectivity index (χ1) is 6.93. The van der Waals surface area contributed by atoms with Gasteiger partial charge in [-0.15, -0.1) is 0 Å². The Bertz CT molecular complexity index is 491. The molecule has 0 saturated heterocycles. The first-order valence-corrected chi connectivity index (χ1v) is 4.01. The van der Waals surface area contributed by atoms with Gasteiger partial charge >= 0.3 is 5.97 Å². The van der Waals surface area contributed by atoms with Crippen molar-refractivity contribution in [1.29, 1.82) is 0 Å². The van der Waals surface area contributed by atoms with Crippen molar-refractivity contribution in [1.82, 2.24) is 9.78 Å². The zero-order valence-electron chi connectivity index (χ0n) is 8.24. The third kappa shape index (κ3) is 2.14. The minimum absolute atomic E-state index is 0.0544. The molecule has 78 valence electrons. The van der Waals surface area contributed by atoms with Crippen LogP contribution in [0, 0.1) is 18.8 Å². The van der Waals surface area contributed by atoms with E-state index in [9.17, 15) is 9.59 Å². The lowest BCUT2D eigenvalue weighted by Gasteiger charge is -1.94. The number of aromatic carboxylic acids is 1. The summed E-state index contributed by atoms with van der Waals surface area (Å²) in [6, 6.07) is 0. The quantitative estimate of drug-likeness (QED) is 0.593. The van der Waals surface area contributed by atoms with Crippen molar-refractivity contribution in [2.75, 3.05) is 0 Å². The topological polar surface area (TPSA) is 98.2 Å². The lowest BCUT2D eigenvalue weighted by Crippen LogP contribution is -2.08. The van der Waals surface area contributed by atoms with Crippen molar-refractivity contribution in [2.45, 2.75) is 6.92 Å². The number of aromatic nitrogens is 2. The molecule has 1 heterocycles. The summed E-state index contributed by atoms with van der Waals surface area (Å²) < 4.78 is 1.20. The number of carboxylic acids is 1. The second-order valence-electron chi connectivity index (χ2n) is 2.85. The van der Waals surface area contributed by atoms with Crippen LogP contribution in [0.4, 0.5) is 0 Å². The predicted molar refractivity (Wildman–Crippen MR) is 51.0 cm³/mol. The summed E-state index contributed by atoms with van der Waals surface area (Å²) in [4.78, 5) is 21.3. The molecule has 0 unspecified atom stereocenters. The fourth-order valence-corrected chi connectivity index (χ4v) is 1.18. The summed E-state index contributed by atoms with van der Waals surface area (Å²) in [5.41, 5.74) is 5.44. The first kappa shape index (κ1) is 10.8. The molecular formula is C9H9N3O3. The number of rotatable bonds is 1. The minimum Gasteiger partial charge on any atom is -0.476 e. The maximum Gasteiger partial charge on any atom is 0.355 e. The van der Waals surface area contributed by atoms with E-state index in [-0.39, 0.29) is 11.3 Å². The molecule has 0 aromatic carbocycles. The normalized spacial score (nSPS) is 9.20. The van der Waals surface area contributed by atoms with Gasteiger partial charge < -0.3 is 10.8 Å². The van der Waals surface area contributed by atoms with Gasteiger partial charge in [0, 0.05) is 13.0 Å². The molecule has 1 rings (SSSR count). The molecule has 0 aliphatic carbocycles. The van der Waals surface area contributed by atoms with E-state index in [4.69, 9.17) is 10.8 Å². The Morgan fingerprint density at radius 1 is 1.53 bits per heavy atom. The number of nitrogens with zero attached hydrogens (tertiary/aromatic N) is 2. The summed E-state index contributed by atoms with van der Waals surface area (Å²) in [6.07, 6.45) is 0. The third-order valence-corrected chi connectivity index (χ3v) is 1.74. The largest absolute Gasteiger partial charge is 0.476 e. The summed E-state index contributed by atoms with van der Waals surface area (Å²) in [6.45, 7) is 1.61. The van der Waals surface area contributed by atoms with Crippen LogP contribution in [0.15, 0.2) is 0 Å². The number of carbonyl (C=O) groups is 2. The van der Waals surface area contributed by atoms with Gasteiger partial charge in [0.1, 0.15) is 0 Å². The van der Waals surface area contributed by atoms with Crippen molar-refractivity contribution in [3.63, 3.8) is 0 Å². The van der Waals surface area contributed by atoms with Crippen LogP contribution >= 0.6 is 0 Å². The highest BCUT2D eigenvalue weighted by molar-refractivity contribution is 5.94. The molecule has 15 heavy (non-hydrogen) atoms. The van der Waals surface area contributed by atoms with Crippen LogP contribution < -0.4 is 5.73 Å². The highest BCUT2D eigenvalue weighted by Crippen LogP contribution is 2.11. The summed E-state index contributed by atoms with van der Waals surface area (Å²) in [5, 5.41) is 12.8. The van der Waals surface area contributed by atoms with Gasteiger partial charge in [-0.2, -0.15) is 5.10 Å². The molecule has 3 N–H and O–H groups in total. The number of aryl methyl sites for hydroxylation is 2. The molecule has 1 amide bonds. The molecule has 6 heteroatoms. The molecular weight excluding hydrogens is 198 g/mol. The minimum atomic E-state index is -1.15. The monoisotopic (exact) mass is 207 g/mol. The molecule has 0 radical (unpaired) electrons. The summed E-state index contributed by atoms with van der Waals surface area (Å²) in [7, 11) is 1.49. The first-order valence-electron chi connectivity index (χ1n) is 4.01. The molecule has 6 nitrogen and oxygen atoms in total. The Hall–Kier alpha value is -2.29. The maximum atomic E-state index is 10.9. The fraction of sp³-hybridized carbons (Fsp3) is 0.222. The third-order valence-electron chi connectivity index (χ3n) is 1.74. The van der Waals surface area contributed by atoms with Crippen LogP contribution in [-0.2, 0) is 11.8 Å². The Labute approximate surface area is 85.7 Å². The molecule has 0 bridgehead atoms. The zero-order chi connectivity index (χ0) is 11.6. The number of carbonyl (C=O) groups excluding carboxylic acids is 1. The Kier molecular flexibility index (Phi) is 2.76. The number of hydrogen-bond donors (Lipinski definition) is 2. The fourth-order valence-electron chi connectivity index (χ4n) is 1.18. The second kappa shape index (κ2) is 3.84. The van der Waals surface area contributed by atoms with Gasteiger partial charge in [0.05, 0.1) is 11.3 Å². The van der Waals surface area contributed by atoms with E-state index < -0.39 is 11.9 Å². The highest BCUT2D eigenvalue weighted by atomic mass is 16.4. The van der Waals surface area contributed by atoms with Crippen molar-refractivity contribution in [2.24, 2.45) is 12.8 Å². The average Bonchev–Trinajstić information content (AvgIpc) is 2.37. The van der Waals surface area contributed by atoms with Gasteiger partial charge in [-0.05, 0) is 6.92 Å². The van der Waals surface area contributed by atoms with E-state index >= 15 is 0 Å². The van der Waals surface area contributed by atoms with E-state index in [1.54, 1.807) is 6.92 Å². The molecule has 0 fully saturated rings. The smallest absolute Gasteiger partial charge is 0.355 e. The predicted octanol–water partition coefficient (Wildman–Crippen LogP) is -0.736. The Morgan fingerprint density at radius 3 is 2.60 bits per heavy atom. The zero-order valence-corrected chi connectivity index (χ0v) is 8.24. The number of primary amides is 1. The summed E-state index contributed by atoms with van der Waals surface area (Å²) in [5.74, 6) is 2.52. The van der Waals surface area contributed by atoms with Crippen LogP contribution in [0.3, 0.4) is 0 Å². The highest BCUT2D eigenvalue weighted by Gasteiger charge is 2.17. The van der Waals surface area contributed by atoms with Crippen LogP contribution in [0.2, 0.25) is 0 Å². The standard InChI is InChI=1S/C9H9N3O3/c1-5-6(3-4-7(10)13)8(9(14)15)12(2)11-5/h1-2H3,(H2,10,13)(H,14,15). The van der Waals surface area contributed by atoms with Crippen LogP contribution in [0.25, 0.3) is 0 Å². The lowest BCUT2D eigenvalue weighted by atomic mass is 10.2. The van der Waals surface area contributed by atoms with Gasteiger partial charge in [0.25, 0.3) is 5.91 Å². The molecule has 1 aromatic heterocycles. The molecule has 0 aliphatic rings. The van der Waals surface area contributed by atoms with Crippen molar-refractivity contribution >= 4 is 11.9 Å². The van der Waals surface area contributed by atoms with E-state index in [1.165, 1.54) is 11.7 Å². The van der Waals surface area contributed by atoms with E-state index in [2.05, 4.69) is 16.9 Å². The SMILES string of the molecule is Cc1nn(C)c(C(=O)O)c1C#CC(N)=O. The molecule has 0 spiro atoms. The Morgan fingerprint density at radius 2 is 2.13 bits per heavy atom. The van der Waals surface area contributed by atoms with Gasteiger partial charge in [0.15, 0.2) is 5.69 Å². The van der Waals surface area contributed by atoms with Crippen LogP contribution in [0.5, 0.6) is 0 Å². The van der Waals surface area contributed by atoms with E-state index in [1.807, 2.05) is 0 Å². The number of amides is 1. The van der Waals surface area contributed by atoms with Gasteiger partial charge in [0.2, 0.25) is 0 Å². The van der Waals surface area contributed by atoms with Crippen LogP contribution in [-0.4, -0.2) is 26.8 Å². The van der Waals surface area contributed by atoms with Gasteiger partial charge in [-0.3, -0.25) is 9.48 Å². The molecule has 0 atom stereocenters. The van der Waals surface area contributed by atoms with Crippen molar-refractivity contribution in [3.05, 3.63) is 17.0 Å². The lowest BCUT2D eigenvalue weighted by molar-refractivity contribution is -0.112. The van der Waals surface area contributed by atoms with Crippen molar-refractivity contribution < 1.29 is 14.7 Å². The molecule has 1 aromatic rings. The maximum absolute atomic E-state index is 10.9. The molecule has 0 aliphatic heterocycles. The molecule has 0 saturated carbocycles. The number of carboxylic acid groups (broad SMARTS) is 1. The van der Waals surface area contributed by atoms with E-state index in [0.29, 0.717) is 5.69 Å². The van der Waals surface area contributed by atoms with Gasteiger partial charge in [-0.25, -0.2) is 4.79 Å². The average molecular weight is 207 g/mol. The number of nitrogens with two attached hydrogens (primary N) is 1. The Balaban J connectivity index is 3.35. The summed E-state index contributed by atoms with van der Waals surface area (Å²) >= 11 is 0. The number of hydrogen-bond acceptors (Lipinski definition) is 3. The second-order valence-corrected chi connectivity index (χ2v) is 2.85. The van der Waals surface area contributed by atoms with Crippen molar-refractivity contribution in [3.8, 4) is 11.8 Å². The van der Waals surface area contributed by atoms with Gasteiger partial charge in [-0.1, -0.05) is 5.92 Å². The van der Waals surface area contributed by atoms with E-state index in [0.717, 1.165) is 0 Å².